The summed E-state index contributed by atoms with van der Waals surface area (Å²) in [5.74, 6) is -0.463. The molecule has 5 nitrogen and oxygen atoms in total. The molecule has 1 unspecified atom stereocenters. The second-order valence-electron chi connectivity index (χ2n) is 17.0. The molecule has 0 aliphatic carbocycles. The van der Waals surface area contributed by atoms with E-state index in [0.29, 0.717) is 19.4 Å². The van der Waals surface area contributed by atoms with Crippen LogP contribution in [0.25, 0.3) is 0 Å². The van der Waals surface area contributed by atoms with Gasteiger partial charge in [0, 0.05) is 12.8 Å². The van der Waals surface area contributed by atoms with Crippen LogP contribution in [0.3, 0.4) is 0 Å². The van der Waals surface area contributed by atoms with Crippen molar-refractivity contribution < 1.29 is 23.8 Å². The Morgan fingerprint density at radius 2 is 0.734 bits per heavy atom. The van der Waals surface area contributed by atoms with Crippen molar-refractivity contribution in [3.05, 3.63) is 109 Å². The summed E-state index contributed by atoms with van der Waals surface area (Å²) >= 11 is 0. The summed E-state index contributed by atoms with van der Waals surface area (Å²) < 4.78 is 17.3. The molecule has 0 aliphatic heterocycles. The number of hydrogen-bond acceptors (Lipinski definition) is 5. The van der Waals surface area contributed by atoms with Crippen molar-refractivity contribution >= 4 is 11.9 Å². The number of esters is 2. The van der Waals surface area contributed by atoms with E-state index < -0.39 is 6.10 Å². The second kappa shape index (κ2) is 53.9. The summed E-state index contributed by atoms with van der Waals surface area (Å²) in [6, 6.07) is 0. The zero-order chi connectivity index (χ0) is 46.3. The Hall–Kier alpha value is -3.44. The van der Waals surface area contributed by atoms with Gasteiger partial charge in [-0.05, 0) is 109 Å². The van der Waals surface area contributed by atoms with E-state index in [1.54, 1.807) is 0 Å². The molecule has 0 radical (unpaired) electrons. The van der Waals surface area contributed by atoms with E-state index in [2.05, 4.69) is 130 Å². The molecule has 0 bridgehead atoms. The molecule has 0 aliphatic rings. The van der Waals surface area contributed by atoms with Gasteiger partial charge >= 0.3 is 11.9 Å². The largest absolute Gasteiger partial charge is 0.462 e. The Morgan fingerprint density at radius 3 is 1.19 bits per heavy atom. The topological polar surface area (TPSA) is 61.8 Å². The molecule has 364 valence electrons. The molecule has 0 aromatic heterocycles. The van der Waals surface area contributed by atoms with Crippen LogP contribution in [0, 0.1) is 0 Å². The van der Waals surface area contributed by atoms with Crippen LogP contribution < -0.4 is 0 Å². The van der Waals surface area contributed by atoms with E-state index in [9.17, 15) is 9.59 Å². The van der Waals surface area contributed by atoms with Gasteiger partial charge in [0.15, 0.2) is 6.10 Å². The van der Waals surface area contributed by atoms with E-state index >= 15 is 0 Å². The highest BCUT2D eigenvalue weighted by atomic mass is 16.6. The minimum absolute atomic E-state index is 0.0418. The van der Waals surface area contributed by atoms with Gasteiger partial charge < -0.3 is 14.2 Å². The SMILES string of the molecule is CC/C=C\C/C=C\C/C=C\C/C=C\C/C=C\CCOCC(COC(=O)CCCCCCCCCCC/C=C\C/C=C\CCCCC)OC(=O)CCCCCCC/C=C\C/C=C\CCC. The third-order valence-electron chi connectivity index (χ3n) is 10.8. The predicted octanol–water partition coefficient (Wildman–Crippen LogP) is 18.0. The first kappa shape index (κ1) is 60.6. The first-order valence-electron chi connectivity index (χ1n) is 26.4. The van der Waals surface area contributed by atoms with Crippen molar-refractivity contribution in [2.24, 2.45) is 0 Å². The number of hydrogen-bond donors (Lipinski definition) is 0. The number of carbonyl (C=O) groups is 2. The lowest BCUT2D eigenvalue weighted by Gasteiger charge is -2.18. The fraction of sp³-hybridized carbons (Fsp3) is 0.661. The van der Waals surface area contributed by atoms with Crippen molar-refractivity contribution in [1.29, 1.82) is 0 Å². The Balaban J connectivity index is 4.38. The molecule has 0 amide bonds. The minimum Gasteiger partial charge on any atom is -0.462 e. The summed E-state index contributed by atoms with van der Waals surface area (Å²) in [5.41, 5.74) is 0. The van der Waals surface area contributed by atoms with Gasteiger partial charge in [-0.25, -0.2) is 0 Å². The lowest BCUT2D eigenvalue weighted by Crippen LogP contribution is -2.30. The minimum atomic E-state index is -0.591. The van der Waals surface area contributed by atoms with E-state index in [4.69, 9.17) is 14.2 Å². The first-order chi connectivity index (χ1) is 31.6. The zero-order valence-electron chi connectivity index (χ0n) is 41.8. The van der Waals surface area contributed by atoms with Gasteiger partial charge in [-0.15, -0.1) is 0 Å². The molecular weight excluding hydrogens is 789 g/mol. The van der Waals surface area contributed by atoms with Gasteiger partial charge in [0.2, 0.25) is 0 Å². The van der Waals surface area contributed by atoms with E-state index in [1.165, 1.54) is 89.9 Å². The quantitative estimate of drug-likeness (QED) is 0.0346. The maximum Gasteiger partial charge on any atom is 0.306 e. The van der Waals surface area contributed by atoms with Gasteiger partial charge in [0.25, 0.3) is 0 Å². The molecule has 0 saturated heterocycles. The fourth-order valence-corrected chi connectivity index (χ4v) is 6.88. The van der Waals surface area contributed by atoms with Crippen LogP contribution in [0.1, 0.15) is 226 Å². The third kappa shape index (κ3) is 51.2. The number of rotatable bonds is 47. The van der Waals surface area contributed by atoms with Crippen LogP contribution in [0.2, 0.25) is 0 Å². The van der Waals surface area contributed by atoms with Gasteiger partial charge in [-0.3, -0.25) is 9.59 Å². The summed E-state index contributed by atoms with van der Waals surface area (Å²) in [5, 5.41) is 0. The highest BCUT2D eigenvalue weighted by molar-refractivity contribution is 5.70. The van der Waals surface area contributed by atoms with Gasteiger partial charge in [-0.2, -0.15) is 0 Å². The maximum absolute atomic E-state index is 12.8. The van der Waals surface area contributed by atoms with Crippen LogP contribution in [0.15, 0.2) is 109 Å². The Morgan fingerprint density at radius 1 is 0.359 bits per heavy atom. The molecule has 5 heteroatoms. The van der Waals surface area contributed by atoms with E-state index in [-0.39, 0.29) is 25.2 Å². The standard InChI is InChI=1S/C59H98O5/c1-4-7-10-13-16-19-22-25-27-29-30-31-32-35-37-40-43-46-49-52-58(60)63-56-57(64-59(61)53-50-47-44-41-38-34-24-21-18-15-12-9-6-3)55-62-54-51-48-45-42-39-36-33-28-26-23-20-17-14-11-8-5-2/h8,11-12,15-17,19-21,24-28,36,39,45,48,57H,4-7,9-10,13-14,18,22-23,29-35,37-38,40-44,46-47,49-56H2,1-3H3/b11-8-,15-12-,19-16-,20-17-,24-21-,27-25-,28-26-,39-36-,48-45-. The average Bonchev–Trinajstić information content (AvgIpc) is 3.30. The highest BCUT2D eigenvalue weighted by Crippen LogP contribution is 2.13. The van der Waals surface area contributed by atoms with Crippen LogP contribution in [0.5, 0.6) is 0 Å². The van der Waals surface area contributed by atoms with Crippen LogP contribution in [-0.4, -0.2) is 37.9 Å². The molecule has 0 heterocycles. The normalized spacial score (nSPS) is 13.1. The third-order valence-corrected chi connectivity index (χ3v) is 10.8. The zero-order valence-corrected chi connectivity index (χ0v) is 41.8. The summed E-state index contributed by atoms with van der Waals surface area (Å²) in [7, 11) is 0. The van der Waals surface area contributed by atoms with Crippen LogP contribution >= 0.6 is 0 Å². The maximum atomic E-state index is 12.8. The van der Waals surface area contributed by atoms with Crippen molar-refractivity contribution in [3.63, 3.8) is 0 Å². The molecule has 0 saturated carbocycles. The van der Waals surface area contributed by atoms with Gasteiger partial charge in [0.05, 0.1) is 13.2 Å². The molecule has 0 rings (SSSR count). The number of ether oxygens (including phenoxy) is 3. The number of allylic oxidation sites excluding steroid dienone is 17. The Kier molecular flexibility index (Phi) is 51.0. The lowest BCUT2D eigenvalue weighted by molar-refractivity contribution is -0.162. The number of carbonyl (C=O) groups excluding carboxylic acids is 2. The summed E-state index contributed by atoms with van der Waals surface area (Å²) in [6.45, 7) is 7.39. The Labute approximate surface area is 395 Å². The predicted molar refractivity (Wildman–Crippen MR) is 279 cm³/mol. The molecule has 1 atom stereocenters. The van der Waals surface area contributed by atoms with Crippen LogP contribution in [0.4, 0.5) is 0 Å². The number of unbranched alkanes of at least 4 members (excludes halogenated alkanes) is 18. The molecule has 64 heavy (non-hydrogen) atoms. The van der Waals surface area contributed by atoms with E-state index in [1.807, 2.05) is 0 Å². The molecule has 0 aromatic rings. The summed E-state index contributed by atoms with van der Waals surface area (Å²) in [4.78, 5) is 25.4. The molecule has 0 spiro atoms. The van der Waals surface area contributed by atoms with Crippen LogP contribution in [-0.2, 0) is 23.8 Å². The monoisotopic (exact) mass is 887 g/mol. The fourth-order valence-electron chi connectivity index (χ4n) is 6.88. The second-order valence-corrected chi connectivity index (χ2v) is 17.0. The van der Waals surface area contributed by atoms with Crippen molar-refractivity contribution in [1.82, 2.24) is 0 Å². The van der Waals surface area contributed by atoms with E-state index in [0.717, 1.165) is 103 Å². The lowest BCUT2D eigenvalue weighted by atomic mass is 10.1. The smallest absolute Gasteiger partial charge is 0.306 e. The molecule has 0 aromatic carbocycles. The van der Waals surface area contributed by atoms with Crippen molar-refractivity contribution in [3.8, 4) is 0 Å². The van der Waals surface area contributed by atoms with Gasteiger partial charge in [-0.1, -0.05) is 214 Å². The average molecular weight is 887 g/mol. The Bertz CT molecular complexity index is 1280. The summed E-state index contributed by atoms with van der Waals surface area (Å²) in [6.07, 6.45) is 74.0. The molecule has 0 N–H and O–H groups in total. The van der Waals surface area contributed by atoms with Crippen molar-refractivity contribution in [2.75, 3.05) is 19.8 Å². The molecule has 0 fully saturated rings. The highest BCUT2D eigenvalue weighted by Gasteiger charge is 2.17. The van der Waals surface area contributed by atoms with Crippen molar-refractivity contribution in [2.45, 2.75) is 232 Å². The first-order valence-corrected chi connectivity index (χ1v) is 26.4. The van der Waals surface area contributed by atoms with Gasteiger partial charge in [0.1, 0.15) is 6.61 Å². The molecular formula is C59H98O5.